The minimum absolute atomic E-state index is 0.0324. The van der Waals surface area contributed by atoms with Crippen LogP contribution in [-0.2, 0) is 11.8 Å². The lowest BCUT2D eigenvalue weighted by atomic mass is 10.2. The minimum Gasteiger partial charge on any atom is -0.367 e. The van der Waals surface area contributed by atoms with Gasteiger partial charge in [0, 0.05) is 32.4 Å². The van der Waals surface area contributed by atoms with Crippen molar-refractivity contribution in [3.63, 3.8) is 0 Å². The van der Waals surface area contributed by atoms with Gasteiger partial charge in [-0.1, -0.05) is 11.6 Å². The van der Waals surface area contributed by atoms with Gasteiger partial charge in [0.1, 0.15) is 5.02 Å². The maximum atomic E-state index is 12.0. The lowest BCUT2D eigenvalue weighted by Gasteiger charge is -2.23. The molecule has 1 aliphatic rings. The van der Waals surface area contributed by atoms with E-state index < -0.39 is 0 Å². The van der Waals surface area contributed by atoms with E-state index in [4.69, 9.17) is 18.2 Å². The van der Waals surface area contributed by atoms with E-state index in [1.165, 1.54) is 6.20 Å². The van der Waals surface area contributed by atoms with Crippen molar-refractivity contribution in [2.45, 2.75) is 18.9 Å². The molecule has 0 bridgehead atoms. The summed E-state index contributed by atoms with van der Waals surface area (Å²) < 4.78 is 1.67. The summed E-state index contributed by atoms with van der Waals surface area (Å²) in [5, 5.41) is 10.7. The second kappa shape index (κ2) is 8.01. The van der Waals surface area contributed by atoms with E-state index in [2.05, 4.69) is 30.5 Å². The van der Waals surface area contributed by atoms with E-state index in [1.807, 2.05) is 13.2 Å². The molecule has 0 unspecified atom stereocenters. The molecule has 0 saturated carbocycles. The summed E-state index contributed by atoms with van der Waals surface area (Å²) in [4.78, 5) is 25.5. The monoisotopic (exact) mass is 374 g/mol. The molecule has 2 N–H and O–H groups in total. The zero-order chi connectivity index (χ0) is 18.5. The molecule has 9 nitrogen and oxygen atoms in total. The Morgan fingerprint density at radius 1 is 1.50 bits per heavy atom. The van der Waals surface area contributed by atoms with Gasteiger partial charge >= 0.3 is 5.91 Å². The maximum absolute atomic E-state index is 12.0. The summed E-state index contributed by atoms with van der Waals surface area (Å²) >= 11 is 6.19. The molecule has 26 heavy (non-hydrogen) atoms. The molecule has 0 spiro atoms. The molecule has 0 aliphatic carbocycles. The van der Waals surface area contributed by atoms with Gasteiger partial charge in [0.25, 0.3) is 6.54 Å². The Hall–Kier alpha value is -2.86. The number of amides is 1. The number of halogens is 1. The summed E-state index contributed by atoms with van der Waals surface area (Å²) in [7, 11) is 1.82. The van der Waals surface area contributed by atoms with Crippen LogP contribution in [0.2, 0.25) is 5.02 Å². The van der Waals surface area contributed by atoms with Gasteiger partial charge in [-0.05, 0) is 12.8 Å². The first-order chi connectivity index (χ1) is 12.6. The van der Waals surface area contributed by atoms with Crippen molar-refractivity contribution in [1.29, 1.82) is 0 Å². The van der Waals surface area contributed by atoms with Gasteiger partial charge in [-0.15, -0.1) is 0 Å². The average Bonchev–Trinajstić information content (AvgIpc) is 3.24. The summed E-state index contributed by atoms with van der Waals surface area (Å²) in [5.74, 6) is 0.770. The molecule has 136 valence electrons. The SMILES string of the molecule is [C-]#[N+]CC(=O)N1CCC[C@@H]1CNc1nc(Nc2cnn(C)c2)ncc1Cl. The van der Waals surface area contributed by atoms with Crippen LogP contribution in [0.25, 0.3) is 4.85 Å². The predicted molar refractivity (Wildman–Crippen MR) is 98.2 cm³/mol. The third-order valence-corrected chi connectivity index (χ3v) is 4.40. The van der Waals surface area contributed by atoms with Crippen LogP contribution in [0.4, 0.5) is 17.5 Å². The van der Waals surface area contributed by atoms with E-state index in [0.717, 1.165) is 18.5 Å². The lowest BCUT2D eigenvalue weighted by Crippen LogP contribution is -2.40. The first kappa shape index (κ1) is 17.9. The summed E-state index contributed by atoms with van der Waals surface area (Å²) in [6.07, 6.45) is 6.82. The van der Waals surface area contributed by atoms with Gasteiger partial charge < -0.3 is 20.4 Å². The number of carbonyl (C=O) groups excluding carboxylic acids is 1. The van der Waals surface area contributed by atoms with Crippen molar-refractivity contribution in [3.05, 3.63) is 35.0 Å². The Balaban J connectivity index is 1.65. The van der Waals surface area contributed by atoms with Crippen molar-refractivity contribution in [2.75, 3.05) is 30.3 Å². The number of aromatic nitrogens is 4. The Kier molecular flexibility index (Phi) is 5.53. The number of aryl methyl sites for hydroxylation is 1. The normalized spacial score (nSPS) is 16.3. The van der Waals surface area contributed by atoms with Gasteiger partial charge in [-0.3, -0.25) is 9.48 Å². The number of carbonyl (C=O) groups is 1. The topological polar surface area (TPSA) is 92.3 Å². The fourth-order valence-electron chi connectivity index (χ4n) is 2.92. The molecule has 1 aliphatic heterocycles. The summed E-state index contributed by atoms with van der Waals surface area (Å²) in [5.41, 5.74) is 0.771. The molecule has 2 aromatic heterocycles. The molecule has 2 aromatic rings. The highest BCUT2D eigenvalue weighted by atomic mass is 35.5. The predicted octanol–water partition coefficient (Wildman–Crippen LogP) is 1.93. The van der Waals surface area contributed by atoms with Crippen LogP contribution in [0.15, 0.2) is 18.6 Å². The number of hydrogen-bond acceptors (Lipinski definition) is 6. The van der Waals surface area contributed by atoms with E-state index >= 15 is 0 Å². The molecule has 1 fully saturated rings. The summed E-state index contributed by atoms with van der Waals surface area (Å²) in [6.45, 7) is 7.96. The smallest absolute Gasteiger partial charge is 0.303 e. The van der Waals surface area contributed by atoms with Crippen molar-refractivity contribution in [3.8, 4) is 0 Å². The number of nitrogens with zero attached hydrogens (tertiary/aromatic N) is 6. The number of rotatable bonds is 6. The van der Waals surface area contributed by atoms with Crippen LogP contribution in [0.1, 0.15) is 12.8 Å². The average molecular weight is 375 g/mol. The zero-order valence-corrected chi connectivity index (χ0v) is 15.1. The Morgan fingerprint density at radius 3 is 3.08 bits per heavy atom. The second-order valence-electron chi connectivity index (χ2n) is 6.00. The van der Waals surface area contributed by atoms with E-state index in [9.17, 15) is 4.79 Å². The number of nitrogens with one attached hydrogen (secondary N) is 2. The third-order valence-electron chi connectivity index (χ3n) is 4.12. The fourth-order valence-corrected chi connectivity index (χ4v) is 3.07. The van der Waals surface area contributed by atoms with Crippen LogP contribution < -0.4 is 10.6 Å². The molecule has 10 heteroatoms. The lowest BCUT2D eigenvalue weighted by molar-refractivity contribution is -0.129. The van der Waals surface area contributed by atoms with Crippen molar-refractivity contribution < 1.29 is 4.79 Å². The Morgan fingerprint density at radius 2 is 2.35 bits per heavy atom. The first-order valence-electron chi connectivity index (χ1n) is 8.21. The molecule has 3 rings (SSSR count). The van der Waals surface area contributed by atoms with Gasteiger partial charge in [-0.25, -0.2) is 11.6 Å². The van der Waals surface area contributed by atoms with Crippen LogP contribution in [0.5, 0.6) is 0 Å². The van der Waals surface area contributed by atoms with Crippen LogP contribution >= 0.6 is 11.6 Å². The van der Waals surface area contributed by atoms with Gasteiger partial charge in [0.2, 0.25) is 5.95 Å². The third kappa shape index (κ3) is 4.21. The van der Waals surface area contributed by atoms with E-state index in [0.29, 0.717) is 29.9 Å². The molecule has 1 atom stereocenters. The minimum atomic E-state index is -0.128. The Labute approximate surface area is 156 Å². The van der Waals surface area contributed by atoms with Crippen LogP contribution in [-0.4, -0.2) is 56.2 Å². The van der Waals surface area contributed by atoms with Gasteiger partial charge in [0.05, 0.1) is 18.1 Å². The number of anilines is 3. The molecule has 1 saturated heterocycles. The summed E-state index contributed by atoms with van der Waals surface area (Å²) in [6, 6.07) is 0.0324. The van der Waals surface area contributed by atoms with Gasteiger partial charge in [-0.2, -0.15) is 10.1 Å². The largest absolute Gasteiger partial charge is 0.367 e. The molecule has 3 heterocycles. The quantitative estimate of drug-likeness (QED) is 0.750. The van der Waals surface area contributed by atoms with Crippen molar-refractivity contribution in [1.82, 2.24) is 24.6 Å². The highest BCUT2D eigenvalue weighted by Crippen LogP contribution is 2.23. The van der Waals surface area contributed by atoms with Crippen LogP contribution in [0, 0.1) is 6.57 Å². The molecular weight excluding hydrogens is 356 g/mol. The zero-order valence-electron chi connectivity index (χ0n) is 14.3. The van der Waals surface area contributed by atoms with Crippen LogP contribution in [0.3, 0.4) is 0 Å². The van der Waals surface area contributed by atoms with Crippen molar-refractivity contribution >= 4 is 35.0 Å². The van der Waals surface area contributed by atoms with Crippen molar-refractivity contribution in [2.24, 2.45) is 7.05 Å². The standard InChI is InChI=1S/C16H19ClN8O/c1-18-9-14(26)25-5-3-4-12(25)7-19-15-13(17)8-20-16(23-15)22-11-6-21-24(2)10-11/h6,8,10,12H,3-5,7,9H2,2H3,(H2,19,20,22,23)/t12-/m1/s1. The molecule has 0 radical (unpaired) electrons. The maximum Gasteiger partial charge on any atom is 0.303 e. The first-order valence-corrected chi connectivity index (χ1v) is 8.59. The molecular formula is C16H19ClN8O. The second-order valence-corrected chi connectivity index (χ2v) is 6.41. The number of hydrogen-bond donors (Lipinski definition) is 2. The van der Waals surface area contributed by atoms with E-state index in [1.54, 1.807) is 15.8 Å². The highest BCUT2D eigenvalue weighted by Gasteiger charge is 2.29. The molecule has 0 aromatic carbocycles. The highest BCUT2D eigenvalue weighted by molar-refractivity contribution is 6.32. The van der Waals surface area contributed by atoms with Gasteiger partial charge in [0.15, 0.2) is 5.82 Å². The fraction of sp³-hybridized carbons (Fsp3) is 0.438. The van der Waals surface area contributed by atoms with E-state index in [-0.39, 0.29) is 18.5 Å². The molecule has 1 amide bonds. The number of likely N-dealkylation sites (tertiary alicyclic amines) is 1. The Bertz CT molecular complexity index is 830.